The predicted molar refractivity (Wildman–Crippen MR) is 90.6 cm³/mol. The van der Waals surface area contributed by atoms with Crippen molar-refractivity contribution in [3.63, 3.8) is 0 Å². The van der Waals surface area contributed by atoms with Gasteiger partial charge < -0.3 is 29.2 Å². The first-order valence-corrected chi connectivity index (χ1v) is 7.83. The van der Waals surface area contributed by atoms with Crippen molar-refractivity contribution in [2.24, 2.45) is 0 Å². The molecule has 0 aromatic rings. The molecule has 0 aliphatic carbocycles. The van der Waals surface area contributed by atoms with Crippen molar-refractivity contribution in [1.29, 1.82) is 0 Å². The summed E-state index contributed by atoms with van der Waals surface area (Å²) < 4.78 is 20.9. The fourth-order valence-electron chi connectivity index (χ4n) is 1.01. The lowest BCUT2D eigenvalue weighted by Gasteiger charge is -2.11. The van der Waals surface area contributed by atoms with Gasteiger partial charge in [-0.15, -0.1) is 0 Å². The quantitative estimate of drug-likeness (QED) is 0.469. The van der Waals surface area contributed by atoms with E-state index in [-0.39, 0.29) is 17.3 Å². The minimum absolute atomic E-state index is 0.156. The third-order valence-corrected chi connectivity index (χ3v) is 2.76. The summed E-state index contributed by atoms with van der Waals surface area (Å²) in [5.41, 5.74) is 0.352. The lowest BCUT2D eigenvalue weighted by atomic mass is 10.4. The van der Waals surface area contributed by atoms with Gasteiger partial charge in [-0.3, -0.25) is 0 Å². The van der Waals surface area contributed by atoms with Crippen molar-refractivity contribution in [3.8, 4) is 0 Å². The second-order valence-corrected chi connectivity index (χ2v) is 5.76. The van der Waals surface area contributed by atoms with Crippen molar-refractivity contribution in [2.45, 2.75) is 39.1 Å². The van der Waals surface area contributed by atoms with Gasteiger partial charge in [0.05, 0.1) is 39.1 Å². The molecule has 0 aromatic heterocycles. The van der Waals surface area contributed by atoms with Gasteiger partial charge in [0.15, 0.2) is 0 Å². The maximum atomic E-state index is 9.60. The van der Waals surface area contributed by atoms with Crippen molar-refractivity contribution < 1.29 is 38.7 Å². The highest BCUT2D eigenvalue weighted by Gasteiger charge is 2.24. The Morgan fingerprint density at radius 2 is 1.40 bits per heavy atom. The number of epoxide rings is 2. The van der Waals surface area contributed by atoms with E-state index in [2.05, 4.69) is 13.2 Å². The first-order valence-electron chi connectivity index (χ1n) is 7.83. The molecule has 2 N–H and O–H groups in total. The third-order valence-electron chi connectivity index (χ3n) is 2.76. The van der Waals surface area contributed by atoms with Crippen LogP contribution < -0.4 is 0 Å². The Kier molecular flexibility index (Phi) is 11.7. The molecule has 3 atom stereocenters. The monoisotopic (exact) mass is 360 g/mol. The molecule has 0 aromatic carbocycles. The molecule has 2 heterocycles. The smallest absolute Gasteiger partial charge is 0.330 e. The minimum Gasteiger partial charge on any atom is -0.478 e. The van der Waals surface area contributed by atoms with Gasteiger partial charge in [-0.2, -0.15) is 0 Å². The normalized spacial score (nSPS) is 20.8. The van der Waals surface area contributed by atoms with E-state index >= 15 is 0 Å². The van der Waals surface area contributed by atoms with E-state index in [9.17, 15) is 9.59 Å². The molecule has 0 amide bonds. The molecule has 2 aliphatic heterocycles. The Balaban J connectivity index is 0.000000406. The molecule has 2 fully saturated rings. The summed E-state index contributed by atoms with van der Waals surface area (Å²) in [6.07, 6.45) is 0.844. The molecule has 0 spiro atoms. The topological polar surface area (TPSA) is 118 Å². The SMILES string of the molecule is C=C(C)C(=O)O.C=C(C)C(=O)O.CC(COCC1CO1)OCC1CO1. The molecule has 2 saturated heterocycles. The van der Waals surface area contributed by atoms with E-state index in [1.807, 2.05) is 6.92 Å². The molecule has 144 valence electrons. The van der Waals surface area contributed by atoms with Crippen molar-refractivity contribution in [1.82, 2.24) is 0 Å². The van der Waals surface area contributed by atoms with E-state index in [4.69, 9.17) is 29.2 Å². The first-order chi connectivity index (χ1) is 11.6. The summed E-state index contributed by atoms with van der Waals surface area (Å²) in [4.78, 5) is 19.2. The zero-order chi connectivity index (χ0) is 19.4. The summed E-state index contributed by atoms with van der Waals surface area (Å²) in [5, 5.41) is 15.8. The maximum absolute atomic E-state index is 9.60. The van der Waals surface area contributed by atoms with Crippen molar-refractivity contribution in [2.75, 3.05) is 33.0 Å². The highest BCUT2D eigenvalue weighted by Crippen LogP contribution is 2.11. The van der Waals surface area contributed by atoms with Gasteiger partial charge in [0.25, 0.3) is 0 Å². The van der Waals surface area contributed by atoms with Crippen molar-refractivity contribution >= 4 is 11.9 Å². The molecule has 2 aliphatic rings. The van der Waals surface area contributed by atoms with E-state index < -0.39 is 11.9 Å². The van der Waals surface area contributed by atoms with Crippen LogP contribution in [-0.2, 0) is 28.5 Å². The minimum atomic E-state index is -0.935. The average Bonchev–Trinajstić information content (AvgIpc) is 3.40. The van der Waals surface area contributed by atoms with Gasteiger partial charge in [0, 0.05) is 11.1 Å². The molecular formula is C17H28O8. The van der Waals surface area contributed by atoms with E-state index in [1.165, 1.54) is 13.8 Å². The fraction of sp³-hybridized carbons (Fsp3) is 0.647. The number of ether oxygens (including phenoxy) is 4. The fourth-order valence-corrected chi connectivity index (χ4v) is 1.01. The lowest BCUT2D eigenvalue weighted by molar-refractivity contribution is -0.133. The van der Waals surface area contributed by atoms with Crippen molar-refractivity contribution in [3.05, 3.63) is 24.3 Å². The molecule has 25 heavy (non-hydrogen) atoms. The van der Waals surface area contributed by atoms with Gasteiger partial charge in [-0.05, 0) is 20.8 Å². The molecule has 0 saturated carbocycles. The largest absolute Gasteiger partial charge is 0.478 e. The maximum Gasteiger partial charge on any atom is 0.330 e. The van der Waals surface area contributed by atoms with Crippen LogP contribution in [-0.4, -0.2) is 73.5 Å². The molecule has 0 bridgehead atoms. The van der Waals surface area contributed by atoms with Crippen LogP contribution in [0.5, 0.6) is 0 Å². The number of hydrogen-bond acceptors (Lipinski definition) is 6. The molecule has 2 rings (SSSR count). The lowest BCUT2D eigenvalue weighted by Crippen LogP contribution is -2.19. The van der Waals surface area contributed by atoms with Crippen LogP contribution in [0, 0.1) is 0 Å². The Morgan fingerprint density at radius 3 is 1.72 bits per heavy atom. The van der Waals surface area contributed by atoms with Crippen LogP contribution in [0.25, 0.3) is 0 Å². The molecule has 8 heteroatoms. The van der Waals surface area contributed by atoms with Gasteiger partial charge in [0.2, 0.25) is 0 Å². The van der Waals surface area contributed by atoms with Gasteiger partial charge in [0.1, 0.15) is 12.2 Å². The van der Waals surface area contributed by atoms with Gasteiger partial charge in [-0.1, -0.05) is 13.2 Å². The highest BCUT2D eigenvalue weighted by molar-refractivity contribution is 5.85. The van der Waals surface area contributed by atoms with Crippen LogP contribution in [0.1, 0.15) is 20.8 Å². The Labute approximate surface area is 148 Å². The van der Waals surface area contributed by atoms with Crippen LogP contribution in [0.3, 0.4) is 0 Å². The first kappa shape index (κ1) is 23.3. The molecule has 0 radical (unpaired) electrons. The summed E-state index contributed by atoms with van der Waals surface area (Å²) >= 11 is 0. The van der Waals surface area contributed by atoms with Crippen LogP contribution in [0.4, 0.5) is 0 Å². The highest BCUT2D eigenvalue weighted by atomic mass is 16.6. The van der Waals surface area contributed by atoms with Gasteiger partial charge >= 0.3 is 11.9 Å². The Hall–Kier alpha value is -1.74. The second kappa shape index (κ2) is 12.6. The summed E-state index contributed by atoms with van der Waals surface area (Å²) in [6.45, 7) is 15.0. The van der Waals surface area contributed by atoms with Gasteiger partial charge in [-0.25, -0.2) is 9.59 Å². The van der Waals surface area contributed by atoms with E-state index in [1.54, 1.807) is 0 Å². The van der Waals surface area contributed by atoms with Crippen LogP contribution >= 0.6 is 0 Å². The Morgan fingerprint density at radius 1 is 1.04 bits per heavy atom. The Bertz CT molecular complexity index is 404. The second-order valence-electron chi connectivity index (χ2n) is 5.76. The number of hydrogen-bond donors (Lipinski definition) is 2. The number of carboxylic acids is 2. The predicted octanol–water partition coefficient (Wildman–Crippen LogP) is 1.50. The molecule has 3 unspecified atom stereocenters. The number of carbonyl (C=O) groups is 2. The summed E-state index contributed by atoms with van der Waals surface area (Å²) in [5.74, 6) is -1.87. The number of rotatable bonds is 9. The number of carboxylic acid groups (broad SMARTS) is 2. The standard InChI is InChI=1S/C9H16O4.2C4H6O2/c1-7(11-4-9-6-13-9)2-10-3-8-5-12-8;2*1-3(2)4(5)6/h7-9H,2-6H2,1H3;2*1H2,2H3,(H,5,6). The van der Waals surface area contributed by atoms with Crippen LogP contribution in [0.15, 0.2) is 24.3 Å². The molecular weight excluding hydrogens is 332 g/mol. The summed E-state index contributed by atoms with van der Waals surface area (Å²) in [7, 11) is 0. The van der Waals surface area contributed by atoms with E-state index in [0.29, 0.717) is 32.0 Å². The zero-order valence-electron chi connectivity index (χ0n) is 15.0. The summed E-state index contributed by atoms with van der Waals surface area (Å²) in [6, 6.07) is 0. The number of aliphatic carboxylic acids is 2. The van der Waals surface area contributed by atoms with E-state index in [0.717, 1.165) is 13.2 Å². The molecule has 8 nitrogen and oxygen atoms in total. The zero-order valence-corrected chi connectivity index (χ0v) is 15.0. The third kappa shape index (κ3) is 16.9. The average molecular weight is 360 g/mol. The van der Waals surface area contributed by atoms with Crippen LogP contribution in [0.2, 0.25) is 0 Å².